The number of carbonyl (C=O) groups is 1. The number of nitrogens with two attached hydrogens (primary N) is 1. The van der Waals surface area contributed by atoms with Crippen LogP contribution in [0.2, 0.25) is 0 Å². The number of nitrogen functional groups attached to an aromatic ring is 1. The van der Waals surface area contributed by atoms with Crippen LogP contribution in [0.15, 0.2) is 36.4 Å². The Kier molecular flexibility index (Phi) is 3.27. The molecular formula is C15H14N2O4. The van der Waals surface area contributed by atoms with Crippen LogP contribution >= 0.6 is 0 Å². The molecule has 2 aromatic carbocycles. The van der Waals surface area contributed by atoms with Crippen LogP contribution in [0.3, 0.4) is 0 Å². The van der Waals surface area contributed by atoms with Gasteiger partial charge < -0.3 is 25.6 Å². The summed E-state index contributed by atoms with van der Waals surface area (Å²) in [6.07, 6.45) is 0. The normalized spacial score (nSPS) is 12.2. The first-order valence-electron chi connectivity index (χ1n) is 6.39. The summed E-state index contributed by atoms with van der Waals surface area (Å²) in [5.74, 6) is 0.401. The summed E-state index contributed by atoms with van der Waals surface area (Å²) in [5, 5.41) is 12.3. The van der Waals surface area contributed by atoms with Gasteiger partial charge in [0.15, 0.2) is 11.5 Å². The fourth-order valence-corrected chi connectivity index (χ4v) is 2.14. The first kappa shape index (κ1) is 13.1. The Morgan fingerprint density at radius 2 is 2.00 bits per heavy atom. The molecule has 0 spiro atoms. The van der Waals surface area contributed by atoms with Crippen molar-refractivity contribution in [2.45, 2.75) is 6.54 Å². The van der Waals surface area contributed by atoms with Gasteiger partial charge >= 0.3 is 5.97 Å². The van der Waals surface area contributed by atoms with Crippen LogP contribution in [-0.2, 0) is 6.54 Å². The van der Waals surface area contributed by atoms with Crippen molar-refractivity contribution in [3.63, 3.8) is 0 Å². The minimum atomic E-state index is -1.02. The number of hydrogen-bond acceptors (Lipinski definition) is 5. The molecule has 0 unspecified atom stereocenters. The molecular weight excluding hydrogens is 272 g/mol. The van der Waals surface area contributed by atoms with Gasteiger partial charge in [0.2, 0.25) is 6.79 Å². The van der Waals surface area contributed by atoms with E-state index in [1.165, 1.54) is 6.07 Å². The van der Waals surface area contributed by atoms with Crippen LogP contribution in [0.4, 0.5) is 11.4 Å². The summed E-state index contributed by atoms with van der Waals surface area (Å²) in [6, 6.07) is 10.4. The van der Waals surface area contributed by atoms with Crippen molar-refractivity contribution >= 4 is 17.3 Å². The zero-order valence-electron chi connectivity index (χ0n) is 11.1. The Bertz CT molecular complexity index is 700. The van der Waals surface area contributed by atoms with Gasteiger partial charge in [0.25, 0.3) is 0 Å². The summed E-state index contributed by atoms with van der Waals surface area (Å²) in [6.45, 7) is 0.703. The quantitative estimate of drug-likeness (QED) is 0.747. The highest BCUT2D eigenvalue weighted by Gasteiger charge is 2.14. The minimum Gasteiger partial charge on any atom is -0.478 e. The second-order valence-corrected chi connectivity index (χ2v) is 4.65. The van der Waals surface area contributed by atoms with E-state index >= 15 is 0 Å². The van der Waals surface area contributed by atoms with E-state index in [4.69, 9.17) is 15.2 Å². The van der Waals surface area contributed by atoms with Crippen molar-refractivity contribution in [3.05, 3.63) is 47.5 Å². The maximum atomic E-state index is 11.2. The van der Waals surface area contributed by atoms with E-state index in [1.54, 1.807) is 12.1 Å². The van der Waals surface area contributed by atoms with Gasteiger partial charge in [0.05, 0.1) is 5.56 Å². The lowest BCUT2D eigenvalue weighted by Crippen LogP contribution is -2.07. The van der Waals surface area contributed by atoms with Gasteiger partial charge in [0.1, 0.15) is 0 Å². The standard InChI is InChI=1S/C15H14N2O4/c16-10-2-3-12(11(6-10)15(18)19)17-7-9-1-4-13-14(5-9)21-8-20-13/h1-6,17H,7-8,16H2,(H,18,19). The number of rotatable bonds is 4. The molecule has 4 N–H and O–H groups in total. The number of fused-ring (bicyclic) bond motifs is 1. The predicted octanol–water partition coefficient (Wildman–Crippen LogP) is 2.31. The zero-order chi connectivity index (χ0) is 14.8. The molecule has 1 heterocycles. The Morgan fingerprint density at radius 1 is 1.19 bits per heavy atom. The molecule has 0 atom stereocenters. The van der Waals surface area contributed by atoms with Crippen molar-refractivity contribution < 1.29 is 19.4 Å². The molecule has 0 fully saturated rings. The topological polar surface area (TPSA) is 93.8 Å². The van der Waals surface area contributed by atoms with Gasteiger partial charge in [-0.25, -0.2) is 4.79 Å². The predicted molar refractivity (Wildman–Crippen MR) is 77.7 cm³/mol. The number of aromatic carboxylic acids is 1. The third kappa shape index (κ3) is 2.69. The molecule has 6 heteroatoms. The number of benzene rings is 2. The summed E-state index contributed by atoms with van der Waals surface area (Å²) >= 11 is 0. The highest BCUT2D eigenvalue weighted by Crippen LogP contribution is 2.32. The highest BCUT2D eigenvalue weighted by atomic mass is 16.7. The Balaban J connectivity index is 1.77. The molecule has 108 valence electrons. The number of nitrogens with one attached hydrogen (secondary N) is 1. The smallest absolute Gasteiger partial charge is 0.337 e. The average molecular weight is 286 g/mol. The highest BCUT2D eigenvalue weighted by molar-refractivity contribution is 5.95. The molecule has 0 radical (unpaired) electrons. The minimum absolute atomic E-state index is 0.149. The molecule has 0 saturated heterocycles. The second kappa shape index (κ2) is 5.24. The van der Waals surface area contributed by atoms with Crippen LogP contribution in [-0.4, -0.2) is 17.9 Å². The molecule has 0 saturated carbocycles. The molecule has 0 amide bonds. The van der Waals surface area contributed by atoms with Crippen molar-refractivity contribution in [1.29, 1.82) is 0 Å². The van der Waals surface area contributed by atoms with Gasteiger partial charge in [-0.3, -0.25) is 0 Å². The van der Waals surface area contributed by atoms with E-state index in [0.717, 1.165) is 11.3 Å². The lowest BCUT2D eigenvalue weighted by Gasteiger charge is -2.10. The molecule has 0 aliphatic carbocycles. The van der Waals surface area contributed by atoms with Crippen molar-refractivity contribution in [2.24, 2.45) is 0 Å². The zero-order valence-corrected chi connectivity index (χ0v) is 11.1. The largest absolute Gasteiger partial charge is 0.478 e. The third-order valence-corrected chi connectivity index (χ3v) is 3.19. The molecule has 1 aliphatic heterocycles. The van der Waals surface area contributed by atoms with E-state index in [2.05, 4.69) is 5.32 Å². The number of ether oxygens (including phenoxy) is 2. The molecule has 21 heavy (non-hydrogen) atoms. The van der Waals surface area contributed by atoms with E-state index in [0.29, 0.717) is 23.7 Å². The summed E-state index contributed by atoms with van der Waals surface area (Å²) < 4.78 is 10.6. The van der Waals surface area contributed by atoms with Crippen LogP contribution < -0.4 is 20.5 Å². The van der Waals surface area contributed by atoms with Gasteiger partial charge in [-0.2, -0.15) is 0 Å². The number of hydrogen-bond donors (Lipinski definition) is 3. The first-order chi connectivity index (χ1) is 10.1. The van der Waals surface area contributed by atoms with E-state index in [1.807, 2.05) is 18.2 Å². The fourth-order valence-electron chi connectivity index (χ4n) is 2.14. The average Bonchev–Trinajstić information content (AvgIpc) is 2.93. The second-order valence-electron chi connectivity index (χ2n) is 4.65. The van der Waals surface area contributed by atoms with Crippen molar-refractivity contribution in [1.82, 2.24) is 0 Å². The summed E-state index contributed by atoms with van der Waals surface area (Å²) in [4.78, 5) is 11.2. The maximum Gasteiger partial charge on any atom is 0.337 e. The van der Waals surface area contributed by atoms with Crippen molar-refractivity contribution in [3.8, 4) is 11.5 Å². The Labute approximate surface area is 121 Å². The van der Waals surface area contributed by atoms with Gasteiger partial charge in [-0.1, -0.05) is 6.07 Å². The van der Waals surface area contributed by atoms with Crippen LogP contribution in [0.25, 0.3) is 0 Å². The van der Waals surface area contributed by atoms with Crippen LogP contribution in [0.5, 0.6) is 11.5 Å². The molecule has 6 nitrogen and oxygen atoms in total. The molecule has 0 aromatic heterocycles. The number of anilines is 2. The molecule has 3 rings (SSSR count). The molecule has 1 aliphatic rings. The number of carboxylic acid groups (broad SMARTS) is 1. The van der Waals surface area contributed by atoms with Crippen LogP contribution in [0, 0.1) is 0 Å². The third-order valence-electron chi connectivity index (χ3n) is 3.19. The molecule has 0 bridgehead atoms. The lowest BCUT2D eigenvalue weighted by atomic mass is 10.1. The number of carboxylic acids is 1. The van der Waals surface area contributed by atoms with Gasteiger partial charge in [-0.15, -0.1) is 0 Å². The Hall–Kier alpha value is -2.89. The maximum absolute atomic E-state index is 11.2. The Morgan fingerprint density at radius 3 is 2.81 bits per heavy atom. The van der Waals surface area contributed by atoms with E-state index < -0.39 is 5.97 Å². The summed E-state index contributed by atoms with van der Waals surface area (Å²) in [7, 11) is 0. The van der Waals surface area contributed by atoms with Gasteiger partial charge in [-0.05, 0) is 35.9 Å². The summed E-state index contributed by atoms with van der Waals surface area (Å²) in [5.41, 5.74) is 7.67. The lowest BCUT2D eigenvalue weighted by molar-refractivity contribution is 0.0698. The molecule has 2 aromatic rings. The van der Waals surface area contributed by atoms with E-state index in [9.17, 15) is 9.90 Å². The fraction of sp³-hybridized carbons (Fsp3) is 0.133. The van der Waals surface area contributed by atoms with Crippen LogP contribution in [0.1, 0.15) is 15.9 Å². The van der Waals surface area contributed by atoms with Gasteiger partial charge in [0, 0.05) is 17.9 Å². The monoisotopic (exact) mass is 286 g/mol. The van der Waals surface area contributed by atoms with Crippen molar-refractivity contribution in [2.75, 3.05) is 17.8 Å². The first-order valence-corrected chi connectivity index (χ1v) is 6.39. The van der Waals surface area contributed by atoms with E-state index in [-0.39, 0.29) is 12.4 Å². The SMILES string of the molecule is Nc1ccc(NCc2ccc3c(c2)OCO3)c(C(=O)O)c1.